The summed E-state index contributed by atoms with van der Waals surface area (Å²) in [5.74, 6) is 0.628. The molecule has 0 aromatic heterocycles. The van der Waals surface area contributed by atoms with E-state index >= 15 is 0 Å². The minimum atomic E-state index is -0.700. The van der Waals surface area contributed by atoms with Crippen molar-refractivity contribution in [1.29, 1.82) is 5.26 Å². The van der Waals surface area contributed by atoms with Crippen molar-refractivity contribution < 1.29 is 23.9 Å². The molecule has 1 atom stereocenters. The fourth-order valence-corrected chi connectivity index (χ4v) is 8.29. The number of thioether (sulfide) groups is 1. The second kappa shape index (κ2) is 10.5. The van der Waals surface area contributed by atoms with Crippen molar-refractivity contribution in [2.45, 2.75) is 56.9 Å². The van der Waals surface area contributed by atoms with Crippen LogP contribution in [0.4, 0.5) is 0 Å². The number of dihydropyridines is 1. The molecule has 4 bridgehead atoms. The fourth-order valence-electron chi connectivity index (χ4n) is 7.40. The van der Waals surface area contributed by atoms with E-state index < -0.39 is 17.9 Å². The van der Waals surface area contributed by atoms with E-state index in [9.17, 15) is 19.6 Å². The third kappa shape index (κ3) is 4.94. The first-order valence-electron chi connectivity index (χ1n) is 13.1. The predicted octanol–water partition coefficient (Wildman–Crippen LogP) is 4.16. The van der Waals surface area contributed by atoms with Crippen molar-refractivity contribution in [2.75, 3.05) is 20.0 Å². The van der Waals surface area contributed by atoms with E-state index in [4.69, 9.17) is 9.47 Å². The lowest BCUT2D eigenvalue weighted by atomic mass is 9.53. The van der Waals surface area contributed by atoms with Gasteiger partial charge in [0.25, 0.3) is 0 Å². The van der Waals surface area contributed by atoms with Crippen molar-refractivity contribution in [3.63, 3.8) is 0 Å². The van der Waals surface area contributed by atoms with Crippen molar-refractivity contribution >= 4 is 29.6 Å². The Kier molecular flexibility index (Phi) is 7.28. The summed E-state index contributed by atoms with van der Waals surface area (Å²) in [6, 6.07) is 8.88. The lowest BCUT2D eigenvalue weighted by Crippen LogP contribution is -2.60. The second-order valence-corrected chi connectivity index (χ2v) is 12.1. The number of ether oxygens (including phenoxy) is 2. The average Bonchev–Trinajstić information content (AvgIpc) is 2.89. The molecule has 1 aliphatic heterocycles. The highest BCUT2D eigenvalue weighted by Gasteiger charge is 2.51. The Morgan fingerprint density at radius 3 is 2.13 bits per heavy atom. The molecule has 0 saturated heterocycles. The average molecular weight is 536 g/mol. The molecular weight excluding hydrogens is 502 g/mol. The number of hydrogen-bond acceptors (Lipinski definition) is 8. The van der Waals surface area contributed by atoms with Gasteiger partial charge in [0, 0.05) is 11.2 Å². The maximum absolute atomic E-state index is 13.2. The Morgan fingerprint density at radius 2 is 1.61 bits per heavy atom. The molecule has 1 aromatic carbocycles. The monoisotopic (exact) mass is 535 g/mol. The van der Waals surface area contributed by atoms with Crippen molar-refractivity contribution in [1.82, 2.24) is 10.6 Å². The molecule has 2 N–H and O–H groups in total. The van der Waals surface area contributed by atoms with E-state index in [2.05, 4.69) is 16.7 Å². The van der Waals surface area contributed by atoms with Gasteiger partial charge < -0.3 is 20.1 Å². The number of methoxy groups -OCH3 is 2. The Hall–Kier alpha value is -3.25. The second-order valence-electron chi connectivity index (χ2n) is 11.1. The third-order valence-electron chi connectivity index (χ3n) is 8.51. The summed E-state index contributed by atoms with van der Waals surface area (Å²) in [5.41, 5.74) is 2.15. The van der Waals surface area contributed by atoms with E-state index in [1.165, 1.54) is 45.2 Å². The highest BCUT2D eigenvalue weighted by atomic mass is 32.2. The Morgan fingerprint density at radius 1 is 1.03 bits per heavy atom. The molecule has 1 aromatic rings. The minimum absolute atomic E-state index is 0.0251. The van der Waals surface area contributed by atoms with Crippen LogP contribution in [0.15, 0.2) is 46.1 Å². The topological polar surface area (TPSA) is 118 Å². The number of allylic oxidation sites excluding steroid dienone is 2. The molecule has 38 heavy (non-hydrogen) atoms. The number of nitrogens with zero attached hydrogens (tertiary/aromatic N) is 1. The van der Waals surface area contributed by atoms with Crippen LogP contribution in [-0.4, -0.2) is 43.4 Å². The molecular formula is C29H33N3O5S. The molecule has 200 valence electrons. The first-order valence-corrected chi connectivity index (χ1v) is 14.1. The van der Waals surface area contributed by atoms with Crippen LogP contribution in [0.2, 0.25) is 0 Å². The van der Waals surface area contributed by atoms with Crippen molar-refractivity contribution in [3.05, 3.63) is 57.3 Å². The summed E-state index contributed by atoms with van der Waals surface area (Å²) >= 11 is 1.28. The normalized spacial score (nSPS) is 29.4. The van der Waals surface area contributed by atoms with Crippen molar-refractivity contribution in [2.24, 2.45) is 17.8 Å². The molecule has 9 heteroatoms. The Labute approximate surface area is 227 Å². The van der Waals surface area contributed by atoms with E-state index in [-0.39, 0.29) is 17.2 Å². The Balaban J connectivity index is 1.37. The van der Waals surface area contributed by atoms with Gasteiger partial charge in [-0.15, -0.1) is 0 Å². The SMILES string of the molecule is COC(=O)C1=C(C)NC(SCC(=O)NC23CC4CC(CC(C4)C2)C3)=C(C#N)C1c1ccc(C(=O)OC)cc1. The lowest BCUT2D eigenvalue weighted by molar-refractivity contribution is -0.136. The molecule has 6 rings (SSSR count). The van der Waals surface area contributed by atoms with Gasteiger partial charge in [0.1, 0.15) is 0 Å². The number of rotatable bonds is 7. The number of carbonyl (C=O) groups is 3. The molecule has 4 saturated carbocycles. The maximum Gasteiger partial charge on any atom is 0.337 e. The van der Waals surface area contributed by atoms with Crippen LogP contribution in [-0.2, 0) is 19.1 Å². The van der Waals surface area contributed by atoms with Crippen LogP contribution >= 0.6 is 11.8 Å². The number of amides is 1. The van der Waals surface area contributed by atoms with Gasteiger partial charge in [-0.3, -0.25) is 4.79 Å². The highest BCUT2D eigenvalue weighted by Crippen LogP contribution is 2.55. The molecule has 0 radical (unpaired) electrons. The van der Waals surface area contributed by atoms with E-state index in [0.717, 1.165) is 37.0 Å². The van der Waals surface area contributed by atoms with E-state index in [1.54, 1.807) is 31.2 Å². The third-order valence-corrected chi connectivity index (χ3v) is 9.53. The summed E-state index contributed by atoms with van der Waals surface area (Å²) in [5, 5.41) is 17.3. The van der Waals surface area contributed by atoms with Gasteiger partial charge >= 0.3 is 11.9 Å². The zero-order chi connectivity index (χ0) is 27.0. The van der Waals surface area contributed by atoms with Crippen LogP contribution in [0.1, 0.15) is 67.3 Å². The van der Waals surface area contributed by atoms with Crippen LogP contribution in [0.5, 0.6) is 0 Å². The van der Waals surface area contributed by atoms with Gasteiger partial charge in [0.2, 0.25) is 5.91 Å². The molecule has 8 nitrogen and oxygen atoms in total. The molecule has 1 amide bonds. The number of nitrogens with one attached hydrogen (secondary N) is 2. The lowest BCUT2D eigenvalue weighted by Gasteiger charge is -2.56. The molecule has 1 heterocycles. The zero-order valence-electron chi connectivity index (χ0n) is 22.0. The largest absolute Gasteiger partial charge is 0.466 e. The van der Waals surface area contributed by atoms with Gasteiger partial charge in [0.15, 0.2) is 0 Å². The predicted molar refractivity (Wildman–Crippen MR) is 143 cm³/mol. The summed E-state index contributed by atoms with van der Waals surface area (Å²) < 4.78 is 9.82. The molecule has 1 unspecified atom stereocenters. The van der Waals surface area contributed by atoms with Gasteiger partial charge in [-0.05, 0) is 80.9 Å². The summed E-state index contributed by atoms with van der Waals surface area (Å²) in [6.45, 7) is 1.76. The number of nitriles is 1. The van der Waals surface area contributed by atoms with Gasteiger partial charge in [-0.25, -0.2) is 9.59 Å². The quantitative estimate of drug-likeness (QED) is 0.500. The van der Waals surface area contributed by atoms with Crippen LogP contribution in [0.25, 0.3) is 0 Å². The number of esters is 2. The van der Waals surface area contributed by atoms with Gasteiger partial charge in [0.05, 0.1) is 53.7 Å². The summed E-state index contributed by atoms with van der Waals surface area (Å²) in [6.07, 6.45) is 7.16. The molecule has 0 spiro atoms. The summed E-state index contributed by atoms with van der Waals surface area (Å²) in [4.78, 5) is 37.8. The Bertz CT molecular complexity index is 1220. The first kappa shape index (κ1) is 26.4. The molecule has 4 fully saturated rings. The number of carbonyl (C=O) groups excluding carboxylic acids is 3. The van der Waals surface area contributed by atoms with E-state index in [0.29, 0.717) is 33.0 Å². The van der Waals surface area contributed by atoms with Crippen molar-refractivity contribution in [3.8, 4) is 6.07 Å². The molecule has 5 aliphatic rings. The van der Waals surface area contributed by atoms with Gasteiger partial charge in [-0.1, -0.05) is 23.9 Å². The highest BCUT2D eigenvalue weighted by molar-refractivity contribution is 8.03. The first-order chi connectivity index (χ1) is 18.3. The minimum Gasteiger partial charge on any atom is -0.466 e. The smallest absolute Gasteiger partial charge is 0.337 e. The molecule has 4 aliphatic carbocycles. The van der Waals surface area contributed by atoms with Gasteiger partial charge in [-0.2, -0.15) is 5.26 Å². The maximum atomic E-state index is 13.2. The fraction of sp³-hybridized carbons (Fsp3) is 0.517. The standard InChI is InChI=1S/C29H33N3O5S/c1-16-24(28(35)37-3)25(20-4-6-21(7-5-20)27(34)36-2)22(14-30)26(31-16)38-15-23(33)32-29-11-17-8-18(12-29)10-19(9-17)13-29/h4-7,17-19,25,31H,8-13,15H2,1-3H3,(H,32,33). The summed E-state index contributed by atoms with van der Waals surface area (Å²) in [7, 11) is 2.61. The van der Waals surface area contributed by atoms with Crippen LogP contribution in [0, 0.1) is 29.1 Å². The van der Waals surface area contributed by atoms with E-state index in [1.807, 2.05) is 0 Å². The number of benzene rings is 1. The number of hydrogen-bond donors (Lipinski definition) is 2. The van der Waals surface area contributed by atoms with Crippen LogP contribution in [0.3, 0.4) is 0 Å². The zero-order valence-corrected chi connectivity index (χ0v) is 22.8. The van der Waals surface area contributed by atoms with Crippen LogP contribution < -0.4 is 10.6 Å².